The number of hydrogen-bond donors (Lipinski definition) is 0. The first kappa shape index (κ1) is 27.1. The van der Waals surface area contributed by atoms with Gasteiger partial charge in [-0.2, -0.15) is 10.0 Å². The zero-order valence-electron chi connectivity index (χ0n) is 25.8. The van der Waals surface area contributed by atoms with Gasteiger partial charge in [0.05, 0.1) is 0 Å². The average molecular weight is 586 g/mol. The molecule has 1 nitrogen and oxygen atoms in total. The molecular formula is C41H36BNS. The second-order valence-electron chi connectivity index (χ2n) is 13.0. The summed E-state index contributed by atoms with van der Waals surface area (Å²) >= 11 is 0. The highest BCUT2D eigenvalue weighted by atomic mass is 32.3. The van der Waals surface area contributed by atoms with E-state index in [2.05, 4.69) is 177 Å². The lowest BCUT2D eigenvalue weighted by Gasteiger charge is -2.49. The summed E-state index contributed by atoms with van der Waals surface area (Å²) in [6.07, 6.45) is 4.92. The number of nitrogens with zero attached hydrogens (tertiary/aromatic N) is 1. The third kappa shape index (κ3) is 4.03. The van der Waals surface area contributed by atoms with Crippen LogP contribution in [0.3, 0.4) is 0 Å². The molecule has 2 heterocycles. The van der Waals surface area contributed by atoms with E-state index in [-0.39, 0.29) is 12.3 Å². The van der Waals surface area contributed by atoms with Crippen LogP contribution in [0.5, 0.6) is 0 Å². The van der Waals surface area contributed by atoms with E-state index in [1.165, 1.54) is 65.5 Å². The number of fused-ring (bicyclic) bond motifs is 4. The summed E-state index contributed by atoms with van der Waals surface area (Å²) in [5.41, 5.74) is 13.0. The van der Waals surface area contributed by atoms with Crippen LogP contribution in [0.4, 0.5) is 11.4 Å². The van der Waals surface area contributed by atoms with Crippen molar-refractivity contribution in [3.05, 3.63) is 157 Å². The molecule has 0 atom stereocenters. The highest BCUT2D eigenvalue weighted by Gasteiger charge is 2.46. The van der Waals surface area contributed by atoms with Gasteiger partial charge in [-0.1, -0.05) is 147 Å². The Labute approximate surface area is 263 Å². The molecule has 8 rings (SSSR count). The second kappa shape index (κ2) is 10.0. The van der Waals surface area contributed by atoms with Gasteiger partial charge in [-0.25, -0.2) is 0 Å². The van der Waals surface area contributed by atoms with Crippen LogP contribution >= 0.6 is 10.0 Å². The van der Waals surface area contributed by atoms with E-state index in [9.17, 15) is 0 Å². The Bertz CT molecular complexity index is 1890. The van der Waals surface area contributed by atoms with Gasteiger partial charge in [0.2, 0.25) is 0 Å². The minimum absolute atomic E-state index is 0.0496. The monoisotopic (exact) mass is 585 g/mol. The minimum Gasteiger partial charge on any atom is -0.376 e. The molecule has 0 aliphatic carbocycles. The highest BCUT2D eigenvalue weighted by molar-refractivity contribution is 8.33. The lowest BCUT2D eigenvalue weighted by molar-refractivity contribution is 0.634. The summed E-state index contributed by atoms with van der Waals surface area (Å²) in [6, 6.07) is 54.3. The third-order valence-corrected chi connectivity index (χ3v) is 12.8. The standard InChI is InChI=1S/C41H36BNS/c1-41(2)33-25-23-31(29-15-7-5-8-16-29)27-37(33)43(38-28-32(24-26-34(38)41)30-17-9-6-10-18-30)42-35-19-11-13-21-39(35)44(3,4)40-22-14-12-20-36(40)42/h5-28H,1-4H3. The molecule has 0 saturated carbocycles. The largest absolute Gasteiger partial charge is 0.376 e. The van der Waals surface area contributed by atoms with E-state index in [1.54, 1.807) is 0 Å². The van der Waals surface area contributed by atoms with Crippen molar-refractivity contribution in [2.75, 3.05) is 17.3 Å². The van der Waals surface area contributed by atoms with Gasteiger partial charge in [-0.3, -0.25) is 0 Å². The molecule has 2 aliphatic rings. The molecule has 6 aromatic carbocycles. The smallest absolute Gasteiger partial charge is 0.330 e. The molecule has 0 bridgehead atoms. The molecule has 0 spiro atoms. The van der Waals surface area contributed by atoms with Crippen molar-refractivity contribution >= 4 is 39.2 Å². The van der Waals surface area contributed by atoms with E-state index in [4.69, 9.17) is 0 Å². The summed E-state index contributed by atoms with van der Waals surface area (Å²) in [6.45, 7) is 4.83. The lowest BCUT2D eigenvalue weighted by atomic mass is 9.47. The molecule has 2 aliphatic heterocycles. The van der Waals surface area contributed by atoms with Crippen molar-refractivity contribution in [2.24, 2.45) is 0 Å². The lowest BCUT2D eigenvalue weighted by Crippen LogP contribution is -2.60. The Hall–Kier alpha value is -4.47. The number of benzene rings is 6. The van der Waals surface area contributed by atoms with Gasteiger partial charge in [-0.05, 0) is 78.7 Å². The predicted octanol–water partition coefficient (Wildman–Crippen LogP) is 9.40. The van der Waals surface area contributed by atoms with Crippen LogP contribution in [0.2, 0.25) is 0 Å². The molecule has 3 heteroatoms. The fraction of sp³-hybridized carbons (Fsp3) is 0.122. The summed E-state index contributed by atoms with van der Waals surface area (Å²) < 4.78 is 0. The zero-order valence-corrected chi connectivity index (χ0v) is 26.6. The van der Waals surface area contributed by atoms with E-state index in [1.807, 2.05) is 0 Å². The quantitative estimate of drug-likeness (QED) is 0.187. The molecule has 44 heavy (non-hydrogen) atoms. The van der Waals surface area contributed by atoms with Crippen molar-refractivity contribution in [1.29, 1.82) is 0 Å². The third-order valence-electron chi connectivity index (χ3n) is 9.86. The summed E-state index contributed by atoms with van der Waals surface area (Å²) in [7, 11) is -1.18. The Kier molecular flexibility index (Phi) is 6.19. The van der Waals surface area contributed by atoms with E-state index in [0.717, 1.165) is 0 Å². The van der Waals surface area contributed by atoms with E-state index < -0.39 is 10.0 Å². The first-order chi connectivity index (χ1) is 21.4. The Balaban J connectivity index is 1.46. The Morgan fingerprint density at radius 3 is 1.34 bits per heavy atom. The van der Waals surface area contributed by atoms with E-state index >= 15 is 0 Å². The summed E-state index contributed by atoms with van der Waals surface area (Å²) in [5.74, 6) is 0. The molecule has 0 N–H and O–H groups in total. The maximum Gasteiger partial charge on any atom is 0.330 e. The number of rotatable bonds is 3. The zero-order chi connectivity index (χ0) is 30.1. The molecule has 0 unspecified atom stereocenters. The SMILES string of the molecule is CC1(C)c2ccc(-c3ccccc3)cc2N(B2c3ccccc3S(C)(C)c3ccccc32)c2cc(-c3ccccc3)ccc21. The first-order valence-electron chi connectivity index (χ1n) is 15.5. The van der Waals surface area contributed by atoms with Gasteiger partial charge >= 0.3 is 6.85 Å². The fourth-order valence-electron chi connectivity index (χ4n) is 7.60. The Morgan fingerprint density at radius 1 is 0.477 bits per heavy atom. The van der Waals surface area contributed by atoms with Gasteiger partial charge in [0.15, 0.2) is 0 Å². The van der Waals surface area contributed by atoms with Crippen LogP contribution in [-0.2, 0) is 5.41 Å². The van der Waals surface area contributed by atoms with Crippen molar-refractivity contribution in [3.63, 3.8) is 0 Å². The molecule has 6 aromatic rings. The maximum absolute atomic E-state index is 2.68. The molecule has 0 amide bonds. The van der Waals surface area contributed by atoms with Crippen molar-refractivity contribution in [2.45, 2.75) is 29.1 Å². The number of hydrogen-bond acceptors (Lipinski definition) is 1. The van der Waals surface area contributed by atoms with Crippen LogP contribution in [0.25, 0.3) is 22.3 Å². The number of anilines is 2. The predicted molar refractivity (Wildman–Crippen MR) is 192 cm³/mol. The molecule has 214 valence electrons. The van der Waals surface area contributed by atoms with Crippen molar-refractivity contribution in [3.8, 4) is 22.3 Å². The molecule has 0 fully saturated rings. The molecular weight excluding hydrogens is 549 g/mol. The van der Waals surface area contributed by atoms with Crippen molar-refractivity contribution in [1.82, 2.24) is 0 Å². The van der Waals surface area contributed by atoms with Gasteiger partial charge in [0.25, 0.3) is 0 Å². The summed E-state index contributed by atoms with van der Waals surface area (Å²) in [5, 5.41) is 0. The van der Waals surface area contributed by atoms with Crippen LogP contribution in [0.15, 0.2) is 155 Å². The summed E-state index contributed by atoms with van der Waals surface area (Å²) in [4.78, 5) is 5.64. The van der Waals surface area contributed by atoms with Gasteiger partial charge in [0.1, 0.15) is 0 Å². The first-order valence-corrected chi connectivity index (χ1v) is 17.9. The van der Waals surface area contributed by atoms with E-state index in [0.29, 0.717) is 0 Å². The van der Waals surface area contributed by atoms with Crippen LogP contribution < -0.4 is 15.7 Å². The van der Waals surface area contributed by atoms with Crippen molar-refractivity contribution < 1.29 is 0 Å². The Morgan fingerprint density at radius 2 is 0.886 bits per heavy atom. The normalized spacial score (nSPS) is 16.3. The van der Waals surface area contributed by atoms with Gasteiger partial charge in [0, 0.05) is 16.8 Å². The maximum atomic E-state index is 2.68. The van der Waals surface area contributed by atoms with Crippen LogP contribution in [-0.4, -0.2) is 19.4 Å². The topological polar surface area (TPSA) is 3.24 Å². The van der Waals surface area contributed by atoms with Crippen LogP contribution in [0, 0.1) is 0 Å². The van der Waals surface area contributed by atoms with Gasteiger partial charge < -0.3 is 4.81 Å². The van der Waals surface area contributed by atoms with Crippen LogP contribution in [0.1, 0.15) is 25.0 Å². The minimum atomic E-state index is -1.18. The highest BCUT2D eigenvalue weighted by Crippen LogP contribution is 2.58. The average Bonchev–Trinajstić information content (AvgIpc) is 3.07. The van der Waals surface area contributed by atoms with Gasteiger partial charge in [-0.15, -0.1) is 0 Å². The molecule has 0 saturated heterocycles. The second-order valence-corrected chi connectivity index (χ2v) is 16.5. The molecule has 0 radical (unpaired) electrons. The molecule has 0 aromatic heterocycles. The fourth-order valence-corrected chi connectivity index (χ4v) is 10.2.